The highest BCUT2D eigenvalue weighted by atomic mass is 35.5. The molecule has 0 saturated heterocycles. The number of hydrogen-bond donors (Lipinski definition) is 3. The molecule has 0 aliphatic carbocycles. The molecule has 0 radical (unpaired) electrons. The first-order valence-corrected chi connectivity index (χ1v) is 18.3. The van der Waals surface area contributed by atoms with Crippen LogP contribution in [0.25, 0.3) is 0 Å². The van der Waals surface area contributed by atoms with E-state index in [0.29, 0.717) is 36.9 Å². The van der Waals surface area contributed by atoms with Gasteiger partial charge >= 0.3 is 5.97 Å². The van der Waals surface area contributed by atoms with Crippen LogP contribution in [0.1, 0.15) is 66.3 Å². The summed E-state index contributed by atoms with van der Waals surface area (Å²) in [4.78, 5) is 29.4. The van der Waals surface area contributed by atoms with Gasteiger partial charge in [0.1, 0.15) is 5.75 Å². The average Bonchev–Trinajstić information content (AvgIpc) is 3.06. The van der Waals surface area contributed by atoms with Gasteiger partial charge in [0.05, 0.1) is 40.9 Å². The lowest BCUT2D eigenvalue weighted by Gasteiger charge is -2.36. The van der Waals surface area contributed by atoms with Crippen molar-refractivity contribution in [1.29, 1.82) is 0 Å². The van der Waals surface area contributed by atoms with E-state index in [2.05, 4.69) is 9.62 Å². The number of carboxylic acids is 1. The van der Waals surface area contributed by atoms with Crippen molar-refractivity contribution in [3.8, 4) is 5.75 Å². The van der Waals surface area contributed by atoms with Gasteiger partial charge in [-0.05, 0) is 100 Å². The number of aliphatic hydroxyl groups excluding tert-OH is 1. The minimum absolute atomic E-state index is 0.0193. The number of rotatable bonds is 10. The summed E-state index contributed by atoms with van der Waals surface area (Å²) in [6.45, 7) is 7.30. The smallest absolute Gasteiger partial charge is 0.335 e. The van der Waals surface area contributed by atoms with Gasteiger partial charge in [-0.2, -0.15) is 0 Å². The highest BCUT2D eigenvalue weighted by Gasteiger charge is 2.31. The standard InChI is InChI=1S/C36H46ClN3O8S/c1-24-20-40(25(2)23-41)35(42)32-19-30(38-49(45,46)31-15-12-29(37)13-16-31)14-17-33(32)48-26(3)7-5-6-18-47-34(24)22-39(4)21-27-8-10-28(11-9-27)36(43)44/h8-17,19,24-26,34,38,41H,5-7,18,20-23H2,1-4H3,(H,43,44)/t24-,25+,26+,34+/m0/s1. The van der Waals surface area contributed by atoms with Gasteiger partial charge in [-0.1, -0.05) is 30.7 Å². The molecule has 266 valence electrons. The second-order valence-electron chi connectivity index (χ2n) is 12.8. The summed E-state index contributed by atoms with van der Waals surface area (Å²) in [6.07, 6.45) is 1.86. The van der Waals surface area contributed by atoms with Crippen molar-refractivity contribution in [2.24, 2.45) is 5.92 Å². The maximum atomic E-state index is 14.4. The Bertz CT molecular complexity index is 1670. The van der Waals surface area contributed by atoms with Crippen LogP contribution in [0.15, 0.2) is 71.6 Å². The number of carboxylic acid groups (broad SMARTS) is 1. The number of fused-ring (bicyclic) bond motifs is 1. The van der Waals surface area contributed by atoms with Crippen LogP contribution in [0, 0.1) is 5.92 Å². The molecule has 3 N–H and O–H groups in total. The second kappa shape index (κ2) is 17.3. The number of amides is 1. The Hall–Kier alpha value is -3.68. The number of aromatic carboxylic acids is 1. The van der Waals surface area contributed by atoms with E-state index < -0.39 is 27.9 Å². The van der Waals surface area contributed by atoms with Gasteiger partial charge in [0.15, 0.2) is 0 Å². The van der Waals surface area contributed by atoms with E-state index >= 15 is 0 Å². The first-order chi connectivity index (χ1) is 23.3. The third-order valence-corrected chi connectivity index (χ3v) is 10.2. The van der Waals surface area contributed by atoms with Gasteiger partial charge in [-0.15, -0.1) is 0 Å². The maximum absolute atomic E-state index is 14.4. The summed E-state index contributed by atoms with van der Waals surface area (Å²) in [5.74, 6) is -1.22. The minimum atomic E-state index is -3.99. The number of aliphatic hydroxyl groups is 1. The maximum Gasteiger partial charge on any atom is 0.335 e. The molecule has 3 aromatic rings. The van der Waals surface area contributed by atoms with Crippen molar-refractivity contribution in [2.75, 3.05) is 38.1 Å². The quantitative estimate of drug-likeness (QED) is 0.238. The molecule has 3 aromatic carbocycles. The predicted octanol–water partition coefficient (Wildman–Crippen LogP) is 5.77. The number of carbonyl (C=O) groups is 2. The number of ether oxygens (including phenoxy) is 2. The van der Waals surface area contributed by atoms with Gasteiger partial charge < -0.3 is 24.6 Å². The first-order valence-electron chi connectivity index (χ1n) is 16.4. The van der Waals surface area contributed by atoms with Gasteiger partial charge in [-0.25, -0.2) is 13.2 Å². The van der Waals surface area contributed by atoms with Gasteiger partial charge in [0.25, 0.3) is 15.9 Å². The number of nitrogens with zero attached hydrogens (tertiary/aromatic N) is 2. The number of anilines is 1. The zero-order valence-corrected chi connectivity index (χ0v) is 29.9. The van der Waals surface area contributed by atoms with Crippen molar-refractivity contribution >= 4 is 39.2 Å². The normalized spacial score (nSPS) is 20.2. The molecule has 0 saturated carbocycles. The molecule has 4 atom stereocenters. The molecule has 11 nitrogen and oxygen atoms in total. The van der Waals surface area contributed by atoms with Crippen LogP contribution in [-0.2, 0) is 21.3 Å². The van der Waals surface area contributed by atoms with E-state index in [0.717, 1.165) is 18.4 Å². The largest absolute Gasteiger partial charge is 0.490 e. The van der Waals surface area contributed by atoms with Crippen LogP contribution in [0.3, 0.4) is 0 Å². The Morgan fingerprint density at radius 2 is 1.78 bits per heavy atom. The van der Waals surface area contributed by atoms with Crippen LogP contribution >= 0.6 is 11.6 Å². The summed E-state index contributed by atoms with van der Waals surface area (Å²) in [6, 6.07) is 16.6. The second-order valence-corrected chi connectivity index (χ2v) is 14.9. The van der Waals surface area contributed by atoms with Crippen LogP contribution in [0.5, 0.6) is 5.75 Å². The fraction of sp³-hybridized carbons (Fsp3) is 0.444. The minimum Gasteiger partial charge on any atom is -0.490 e. The Morgan fingerprint density at radius 3 is 2.43 bits per heavy atom. The number of hydrogen-bond acceptors (Lipinski definition) is 8. The Kier molecular flexibility index (Phi) is 13.5. The molecular weight excluding hydrogens is 670 g/mol. The summed E-state index contributed by atoms with van der Waals surface area (Å²) in [5, 5.41) is 19.9. The van der Waals surface area contributed by atoms with Gasteiger partial charge in [0.2, 0.25) is 0 Å². The van der Waals surface area contributed by atoms with Crippen molar-refractivity contribution < 1.29 is 37.7 Å². The van der Waals surface area contributed by atoms with E-state index in [1.807, 2.05) is 20.9 Å². The highest BCUT2D eigenvalue weighted by molar-refractivity contribution is 7.92. The molecule has 1 aliphatic rings. The molecule has 0 fully saturated rings. The molecule has 0 spiro atoms. The molecule has 1 amide bonds. The van der Waals surface area contributed by atoms with E-state index in [1.165, 1.54) is 30.3 Å². The van der Waals surface area contributed by atoms with Crippen LogP contribution in [0.2, 0.25) is 5.02 Å². The molecule has 49 heavy (non-hydrogen) atoms. The summed E-state index contributed by atoms with van der Waals surface area (Å²) < 4.78 is 41.6. The monoisotopic (exact) mass is 715 g/mol. The zero-order valence-electron chi connectivity index (χ0n) is 28.3. The lowest BCUT2D eigenvalue weighted by Crippen LogP contribution is -2.47. The third kappa shape index (κ3) is 10.7. The van der Waals surface area contributed by atoms with E-state index in [4.69, 9.17) is 21.1 Å². The van der Waals surface area contributed by atoms with E-state index in [1.54, 1.807) is 48.2 Å². The lowest BCUT2D eigenvalue weighted by molar-refractivity contribution is -0.0177. The zero-order chi connectivity index (χ0) is 35.7. The Balaban J connectivity index is 1.62. The highest BCUT2D eigenvalue weighted by Crippen LogP contribution is 2.30. The number of carbonyl (C=O) groups excluding carboxylic acids is 1. The van der Waals surface area contributed by atoms with Crippen molar-refractivity contribution in [3.63, 3.8) is 0 Å². The number of sulfonamides is 1. The Labute approximate surface area is 293 Å². The van der Waals surface area contributed by atoms with Crippen LogP contribution in [0.4, 0.5) is 5.69 Å². The summed E-state index contributed by atoms with van der Waals surface area (Å²) in [5.41, 5.74) is 1.54. The molecule has 13 heteroatoms. The molecule has 0 aromatic heterocycles. The molecule has 1 heterocycles. The number of nitrogens with one attached hydrogen (secondary N) is 1. The summed E-state index contributed by atoms with van der Waals surface area (Å²) >= 11 is 5.95. The average molecular weight is 716 g/mol. The summed E-state index contributed by atoms with van der Waals surface area (Å²) in [7, 11) is -2.02. The number of benzene rings is 3. The third-order valence-electron chi connectivity index (χ3n) is 8.57. The molecule has 0 bridgehead atoms. The van der Waals surface area contributed by atoms with Gasteiger partial charge in [-0.3, -0.25) is 14.4 Å². The van der Waals surface area contributed by atoms with Crippen molar-refractivity contribution in [2.45, 2.75) is 69.7 Å². The van der Waals surface area contributed by atoms with Crippen molar-refractivity contribution in [1.82, 2.24) is 9.80 Å². The van der Waals surface area contributed by atoms with Crippen LogP contribution in [-0.4, -0.2) is 91.9 Å². The lowest BCUT2D eigenvalue weighted by atomic mass is 10.0. The fourth-order valence-electron chi connectivity index (χ4n) is 5.71. The van der Waals surface area contributed by atoms with Crippen molar-refractivity contribution in [3.05, 3.63) is 88.4 Å². The number of likely N-dealkylation sites (N-methyl/N-ethyl adjacent to an activating group) is 1. The first kappa shape index (κ1) is 38.1. The van der Waals surface area contributed by atoms with Crippen LogP contribution < -0.4 is 9.46 Å². The fourth-order valence-corrected chi connectivity index (χ4v) is 6.89. The molecule has 4 rings (SSSR count). The SMILES string of the molecule is C[C@@H]1CCCCO[C@H](CN(C)Cc2ccc(C(=O)O)cc2)[C@@H](C)CN([C@H](C)CO)C(=O)c2cc(NS(=O)(=O)c3ccc(Cl)cc3)ccc2O1. The molecule has 0 unspecified atom stereocenters. The predicted molar refractivity (Wildman–Crippen MR) is 189 cm³/mol. The molecule has 1 aliphatic heterocycles. The Morgan fingerprint density at radius 1 is 1.08 bits per heavy atom. The topological polar surface area (TPSA) is 146 Å². The van der Waals surface area contributed by atoms with E-state index in [9.17, 15) is 28.2 Å². The van der Waals surface area contributed by atoms with Gasteiger partial charge in [0, 0.05) is 42.9 Å². The number of halogens is 1. The van der Waals surface area contributed by atoms with E-state index in [-0.39, 0.29) is 53.0 Å². The molecular formula is C36H46ClN3O8S.